The summed E-state index contributed by atoms with van der Waals surface area (Å²) in [5.41, 5.74) is 1.18. The molecule has 16 heavy (non-hydrogen) atoms. The van der Waals surface area contributed by atoms with Crippen molar-refractivity contribution in [2.24, 2.45) is 0 Å². The number of ketones is 1. The molecule has 2 heteroatoms. The van der Waals surface area contributed by atoms with E-state index >= 15 is 0 Å². The number of carbonyl (C=O) groups is 1. The van der Waals surface area contributed by atoms with Crippen molar-refractivity contribution in [1.82, 2.24) is 0 Å². The van der Waals surface area contributed by atoms with Gasteiger partial charge in [0.1, 0.15) is 5.75 Å². The molecule has 0 radical (unpaired) electrons. The van der Waals surface area contributed by atoms with Crippen LogP contribution >= 0.6 is 0 Å². The summed E-state index contributed by atoms with van der Waals surface area (Å²) in [6.45, 7) is 2.10. The molecule has 1 atom stereocenters. The number of benzene rings is 1. The first-order valence-corrected chi connectivity index (χ1v) is 6.08. The van der Waals surface area contributed by atoms with E-state index in [-0.39, 0.29) is 11.9 Å². The average Bonchev–Trinajstić information content (AvgIpc) is 2.33. The summed E-state index contributed by atoms with van der Waals surface area (Å²) in [4.78, 5) is 11.7. The summed E-state index contributed by atoms with van der Waals surface area (Å²) in [7, 11) is 0. The third kappa shape index (κ3) is 2.43. The van der Waals surface area contributed by atoms with Gasteiger partial charge in [0.2, 0.25) is 0 Å². The third-order valence-electron chi connectivity index (χ3n) is 3.12. The SMILES string of the molecule is CCc1ccccc1OC1CCCCC1=O. The Kier molecular flexibility index (Phi) is 3.60. The zero-order valence-corrected chi connectivity index (χ0v) is 9.74. The fourth-order valence-corrected chi connectivity index (χ4v) is 2.14. The number of para-hydroxylation sites is 1. The van der Waals surface area contributed by atoms with Crippen molar-refractivity contribution >= 4 is 5.78 Å². The molecule has 1 aliphatic rings. The van der Waals surface area contributed by atoms with Crippen LogP contribution in [0.4, 0.5) is 0 Å². The first-order chi connectivity index (χ1) is 7.81. The molecule has 0 N–H and O–H groups in total. The molecule has 1 aliphatic carbocycles. The molecule has 1 aromatic rings. The summed E-state index contributed by atoms with van der Waals surface area (Å²) in [5, 5.41) is 0. The molecule has 1 fully saturated rings. The topological polar surface area (TPSA) is 26.3 Å². The molecule has 2 nitrogen and oxygen atoms in total. The maximum atomic E-state index is 11.7. The van der Waals surface area contributed by atoms with E-state index in [0.29, 0.717) is 6.42 Å². The van der Waals surface area contributed by atoms with Crippen molar-refractivity contribution in [3.63, 3.8) is 0 Å². The van der Waals surface area contributed by atoms with Crippen molar-refractivity contribution in [1.29, 1.82) is 0 Å². The summed E-state index contributed by atoms with van der Waals surface area (Å²) >= 11 is 0. The van der Waals surface area contributed by atoms with Gasteiger partial charge in [-0.3, -0.25) is 4.79 Å². The smallest absolute Gasteiger partial charge is 0.173 e. The molecule has 86 valence electrons. The fourth-order valence-electron chi connectivity index (χ4n) is 2.14. The second kappa shape index (κ2) is 5.15. The lowest BCUT2D eigenvalue weighted by molar-refractivity contribution is -0.127. The van der Waals surface area contributed by atoms with Crippen molar-refractivity contribution in [2.75, 3.05) is 0 Å². The van der Waals surface area contributed by atoms with Gasteiger partial charge in [0.15, 0.2) is 11.9 Å². The molecule has 1 unspecified atom stereocenters. The van der Waals surface area contributed by atoms with Crippen LogP contribution in [0.2, 0.25) is 0 Å². The van der Waals surface area contributed by atoms with Crippen molar-refractivity contribution in [2.45, 2.75) is 45.1 Å². The Bertz CT molecular complexity index is 371. The maximum Gasteiger partial charge on any atom is 0.173 e. The predicted molar refractivity (Wildman–Crippen MR) is 63.7 cm³/mol. The Morgan fingerprint density at radius 3 is 2.88 bits per heavy atom. The Balaban J connectivity index is 2.10. The van der Waals surface area contributed by atoms with Crippen molar-refractivity contribution in [3.8, 4) is 5.75 Å². The summed E-state index contributed by atoms with van der Waals surface area (Å²) in [5.74, 6) is 1.14. The molecule has 0 amide bonds. The minimum atomic E-state index is -0.207. The monoisotopic (exact) mass is 218 g/mol. The standard InChI is InChI=1S/C14H18O2/c1-2-11-7-3-5-9-13(11)16-14-10-6-4-8-12(14)15/h3,5,7,9,14H,2,4,6,8,10H2,1H3. The highest BCUT2D eigenvalue weighted by molar-refractivity contribution is 5.84. The molecule has 2 rings (SSSR count). The van der Waals surface area contributed by atoms with Gasteiger partial charge in [0, 0.05) is 6.42 Å². The van der Waals surface area contributed by atoms with E-state index in [1.165, 1.54) is 5.56 Å². The van der Waals surface area contributed by atoms with E-state index < -0.39 is 0 Å². The minimum absolute atomic E-state index is 0.207. The van der Waals surface area contributed by atoms with Gasteiger partial charge in [-0.2, -0.15) is 0 Å². The van der Waals surface area contributed by atoms with Crippen LogP contribution in [0, 0.1) is 0 Å². The minimum Gasteiger partial charge on any atom is -0.482 e. The van der Waals surface area contributed by atoms with E-state index in [4.69, 9.17) is 4.74 Å². The van der Waals surface area contributed by atoms with E-state index in [0.717, 1.165) is 31.4 Å². The van der Waals surface area contributed by atoms with Crippen LogP contribution in [0.15, 0.2) is 24.3 Å². The lowest BCUT2D eigenvalue weighted by Gasteiger charge is -2.23. The largest absolute Gasteiger partial charge is 0.482 e. The zero-order valence-electron chi connectivity index (χ0n) is 9.74. The number of aryl methyl sites for hydroxylation is 1. The van der Waals surface area contributed by atoms with Gasteiger partial charge < -0.3 is 4.74 Å². The van der Waals surface area contributed by atoms with Gasteiger partial charge in [-0.15, -0.1) is 0 Å². The normalized spacial score (nSPS) is 20.8. The third-order valence-corrected chi connectivity index (χ3v) is 3.12. The molecule has 0 heterocycles. The average molecular weight is 218 g/mol. The van der Waals surface area contributed by atoms with E-state index in [9.17, 15) is 4.79 Å². The van der Waals surface area contributed by atoms with Gasteiger partial charge >= 0.3 is 0 Å². The van der Waals surface area contributed by atoms with Gasteiger partial charge in [-0.05, 0) is 37.3 Å². The summed E-state index contributed by atoms with van der Waals surface area (Å²) in [6.07, 6.45) is 4.41. The zero-order chi connectivity index (χ0) is 11.4. The van der Waals surface area contributed by atoms with Gasteiger partial charge in [-0.25, -0.2) is 0 Å². The molecule has 1 saturated carbocycles. The van der Waals surface area contributed by atoms with E-state index in [1.807, 2.05) is 18.2 Å². The Morgan fingerprint density at radius 2 is 2.12 bits per heavy atom. The van der Waals surface area contributed by atoms with Crippen molar-refractivity contribution in [3.05, 3.63) is 29.8 Å². The molecule has 1 aromatic carbocycles. The van der Waals surface area contributed by atoms with E-state index in [2.05, 4.69) is 13.0 Å². The van der Waals surface area contributed by atoms with Gasteiger partial charge in [-0.1, -0.05) is 25.1 Å². The number of hydrogen-bond donors (Lipinski definition) is 0. The van der Waals surface area contributed by atoms with Crippen LogP contribution in [0.5, 0.6) is 5.75 Å². The lowest BCUT2D eigenvalue weighted by atomic mass is 9.96. The molecule has 0 spiro atoms. The summed E-state index contributed by atoms with van der Waals surface area (Å²) < 4.78 is 5.84. The predicted octanol–water partition coefficient (Wildman–Crippen LogP) is 3.14. The fraction of sp³-hybridized carbons (Fsp3) is 0.500. The first-order valence-electron chi connectivity index (χ1n) is 6.08. The molecule has 0 saturated heterocycles. The van der Waals surface area contributed by atoms with Crippen molar-refractivity contribution < 1.29 is 9.53 Å². The molecule has 0 aliphatic heterocycles. The molecule has 0 bridgehead atoms. The Morgan fingerprint density at radius 1 is 1.31 bits per heavy atom. The van der Waals surface area contributed by atoms with Crippen LogP contribution in [-0.4, -0.2) is 11.9 Å². The number of hydrogen-bond acceptors (Lipinski definition) is 2. The lowest BCUT2D eigenvalue weighted by Crippen LogP contribution is -2.30. The molecular weight excluding hydrogens is 200 g/mol. The molecule has 0 aromatic heterocycles. The number of rotatable bonds is 3. The Labute approximate surface area is 96.6 Å². The first kappa shape index (κ1) is 11.2. The van der Waals surface area contributed by atoms with Gasteiger partial charge in [0.25, 0.3) is 0 Å². The number of ether oxygens (including phenoxy) is 1. The quantitative estimate of drug-likeness (QED) is 0.779. The van der Waals surface area contributed by atoms with Crippen LogP contribution in [0.3, 0.4) is 0 Å². The maximum absolute atomic E-state index is 11.7. The Hall–Kier alpha value is -1.31. The van der Waals surface area contributed by atoms with E-state index in [1.54, 1.807) is 0 Å². The number of carbonyl (C=O) groups excluding carboxylic acids is 1. The van der Waals surface area contributed by atoms with Crippen LogP contribution < -0.4 is 4.74 Å². The molecular formula is C14H18O2. The van der Waals surface area contributed by atoms with Gasteiger partial charge in [0.05, 0.1) is 0 Å². The van der Waals surface area contributed by atoms with Crippen LogP contribution in [0.1, 0.15) is 38.2 Å². The highest BCUT2D eigenvalue weighted by Gasteiger charge is 2.24. The second-order valence-corrected chi connectivity index (χ2v) is 4.28. The summed E-state index contributed by atoms with van der Waals surface area (Å²) in [6, 6.07) is 7.99. The van der Waals surface area contributed by atoms with Crippen LogP contribution in [0.25, 0.3) is 0 Å². The second-order valence-electron chi connectivity index (χ2n) is 4.28. The highest BCUT2D eigenvalue weighted by Crippen LogP contribution is 2.24. The number of Topliss-reactive ketones (excluding diaryl/α,β-unsaturated/α-hetero) is 1. The highest BCUT2D eigenvalue weighted by atomic mass is 16.5. The van der Waals surface area contributed by atoms with Crippen LogP contribution in [-0.2, 0) is 11.2 Å².